The van der Waals surface area contributed by atoms with Crippen molar-refractivity contribution in [1.82, 2.24) is 15.5 Å². The van der Waals surface area contributed by atoms with Crippen LogP contribution in [0.2, 0.25) is 0 Å². The number of rotatable bonds is 9. The second kappa shape index (κ2) is 9.73. The number of methoxy groups -OCH3 is 2. The summed E-state index contributed by atoms with van der Waals surface area (Å²) in [6, 6.07) is 13.6. The third kappa shape index (κ3) is 5.34. The second-order valence-electron chi connectivity index (χ2n) is 6.62. The smallest absolute Gasteiger partial charge is 0.227 e. The minimum atomic E-state index is -0.0545. The van der Waals surface area contributed by atoms with Gasteiger partial charge in [-0.05, 0) is 36.6 Å². The molecule has 7 heteroatoms. The van der Waals surface area contributed by atoms with E-state index < -0.39 is 0 Å². The zero-order valence-electron chi connectivity index (χ0n) is 16.9. The Morgan fingerprint density at radius 3 is 2.62 bits per heavy atom. The normalized spacial score (nSPS) is 10.6. The average Bonchev–Trinajstić information content (AvgIpc) is 3.21. The van der Waals surface area contributed by atoms with Gasteiger partial charge < -0.3 is 19.3 Å². The van der Waals surface area contributed by atoms with Crippen LogP contribution >= 0.6 is 0 Å². The Kier molecular flexibility index (Phi) is 6.84. The molecule has 0 saturated carbocycles. The van der Waals surface area contributed by atoms with Crippen molar-refractivity contribution >= 4 is 5.91 Å². The maximum atomic E-state index is 12.1. The molecule has 0 aliphatic heterocycles. The molecule has 29 heavy (non-hydrogen) atoms. The van der Waals surface area contributed by atoms with Crippen LogP contribution in [0, 0.1) is 6.92 Å². The zero-order valence-corrected chi connectivity index (χ0v) is 16.9. The van der Waals surface area contributed by atoms with E-state index in [4.69, 9.17) is 14.0 Å². The van der Waals surface area contributed by atoms with Crippen LogP contribution in [0.4, 0.5) is 0 Å². The molecule has 0 fully saturated rings. The summed E-state index contributed by atoms with van der Waals surface area (Å²) in [5.74, 6) is 2.31. The van der Waals surface area contributed by atoms with Crippen molar-refractivity contribution in [3.05, 3.63) is 59.5 Å². The monoisotopic (exact) mass is 395 g/mol. The van der Waals surface area contributed by atoms with E-state index in [1.807, 2.05) is 49.4 Å². The summed E-state index contributed by atoms with van der Waals surface area (Å²) in [6.45, 7) is 2.53. The van der Waals surface area contributed by atoms with Crippen molar-refractivity contribution in [2.24, 2.45) is 0 Å². The van der Waals surface area contributed by atoms with Crippen LogP contribution in [0.3, 0.4) is 0 Å². The van der Waals surface area contributed by atoms with Gasteiger partial charge in [-0.15, -0.1) is 0 Å². The van der Waals surface area contributed by atoms with Gasteiger partial charge in [0.15, 0.2) is 11.5 Å². The van der Waals surface area contributed by atoms with Crippen LogP contribution < -0.4 is 14.8 Å². The number of carbonyl (C=O) groups excluding carboxylic acids is 1. The molecule has 0 bridgehead atoms. The van der Waals surface area contributed by atoms with E-state index in [1.165, 1.54) is 0 Å². The molecule has 0 saturated heterocycles. The zero-order chi connectivity index (χ0) is 20.6. The van der Waals surface area contributed by atoms with Gasteiger partial charge in [0.05, 0.1) is 14.2 Å². The van der Waals surface area contributed by atoms with Gasteiger partial charge in [0.1, 0.15) is 0 Å². The molecule has 1 aromatic heterocycles. The summed E-state index contributed by atoms with van der Waals surface area (Å²) >= 11 is 0. The standard InChI is InChI=1S/C22H25N3O4/c1-15-6-4-5-7-17(15)22-24-21(29-25-22)11-10-20(26)23-13-12-16-8-9-18(27-2)19(14-16)28-3/h4-9,14H,10-13H2,1-3H3,(H,23,26). The van der Waals surface area contributed by atoms with Gasteiger partial charge in [0, 0.05) is 24.9 Å². The van der Waals surface area contributed by atoms with E-state index in [9.17, 15) is 4.79 Å². The number of benzene rings is 2. The van der Waals surface area contributed by atoms with Gasteiger partial charge >= 0.3 is 0 Å². The van der Waals surface area contributed by atoms with Crippen LogP contribution in [0.1, 0.15) is 23.4 Å². The molecule has 0 radical (unpaired) electrons. The third-order valence-electron chi connectivity index (χ3n) is 4.60. The fourth-order valence-corrected chi connectivity index (χ4v) is 2.98. The molecule has 7 nitrogen and oxygen atoms in total. The lowest BCUT2D eigenvalue weighted by atomic mass is 10.1. The van der Waals surface area contributed by atoms with Gasteiger partial charge in [-0.2, -0.15) is 4.98 Å². The maximum absolute atomic E-state index is 12.1. The largest absolute Gasteiger partial charge is 0.493 e. The number of nitrogens with zero attached hydrogens (tertiary/aromatic N) is 2. The summed E-state index contributed by atoms with van der Waals surface area (Å²) in [5, 5.41) is 6.93. The minimum Gasteiger partial charge on any atom is -0.493 e. The lowest BCUT2D eigenvalue weighted by Gasteiger charge is -2.10. The summed E-state index contributed by atoms with van der Waals surface area (Å²) < 4.78 is 15.8. The molecule has 2 aromatic carbocycles. The molecule has 3 rings (SSSR count). The summed E-state index contributed by atoms with van der Waals surface area (Å²) in [5.41, 5.74) is 3.07. The number of nitrogens with one attached hydrogen (secondary N) is 1. The highest BCUT2D eigenvalue weighted by atomic mass is 16.5. The van der Waals surface area contributed by atoms with E-state index in [0.717, 1.165) is 16.7 Å². The molecular weight excluding hydrogens is 370 g/mol. The van der Waals surface area contributed by atoms with Crippen LogP contribution in [-0.4, -0.2) is 36.8 Å². The number of aryl methyl sites for hydroxylation is 2. The van der Waals surface area contributed by atoms with Crippen molar-refractivity contribution in [3.8, 4) is 22.9 Å². The Labute approximate surface area is 170 Å². The first-order chi connectivity index (χ1) is 14.1. The van der Waals surface area contributed by atoms with Crippen LogP contribution in [0.15, 0.2) is 47.0 Å². The Hall–Kier alpha value is -3.35. The van der Waals surface area contributed by atoms with E-state index in [0.29, 0.717) is 49.0 Å². The molecule has 0 aliphatic rings. The molecule has 1 amide bonds. The van der Waals surface area contributed by atoms with Crippen molar-refractivity contribution < 1.29 is 18.8 Å². The van der Waals surface area contributed by atoms with E-state index >= 15 is 0 Å². The number of aromatic nitrogens is 2. The van der Waals surface area contributed by atoms with Gasteiger partial charge in [0.25, 0.3) is 0 Å². The van der Waals surface area contributed by atoms with Crippen molar-refractivity contribution in [3.63, 3.8) is 0 Å². The maximum Gasteiger partial charge on any atom is 0.227 e. The SMILES string of the molecule is COc1ccc(CCNC(=O)CCc2nc(-c3ccccc3C)no2)cc1OC. The number of hydrogen-bond donors (Lipinski definition) is 1. The van der Waals surface area contributed by atoms with Crippen LogP contribution in [0.25, 0.3) is 11.4 Å². The first-order valence-electron chi connectivity index (χ1n) is 9.47. The van der Waals surface area contributed by atoms with Crippen molar-refractivity contribution in [2.75, 3.05) is 20.8 Å². The molecule has 1 heterocycles. The van der Waals surface area contributed by atoms with Crippen molar-refractivity contribution in [1.29, 1.82) is 0 Å². The Morgan fingerprint density at radius 1 is 1.07 bits per heavy atom. The average molecular weight is 395 g/mol. The molecule has 0 unspecified atom stereocenters. The van der Waals surface area contributed by atoms with Gasteiger partial charge in [0.2, 0.25) is 17.6 Å². The second-order valence-corrected chi connectivity index (χ2v) is 6.62. The highest BCUT2D eigenvalue weighted by Gasteiger charge is 2.12. The number of carbonyl (C=O) groups is 1. The first-order valence-corrected chi connectivity index (χ1v) is 9.47. The Bertz CT molecular complexity index is 968. The number of amides is 1. The molecular formula is C22H25N3O4. The van der Waals surface area contributed by atoms with E-state index in [2.05, 4.69) is 15.5 Å². The van der Waals surface area contributed by atoms with Gasteiger partial charge in [-0.3, -0.25) is 4.79 Å². The lowest BCUT2D eigenvalue weighted by Crippen LogP contribution is -2.25. The number of hydrogen-bond acceptors (Lipinski definition) is 6. The summed E-state index contributed by atoms with van der Waals surface area (Å²) in [6.07, 6.45) is 1.40. The van der Waals surface area contributed by atoms with Crippen molar-refractivity contribution in [2.45, 2.75) is 26.2 Å². The molecule has 0 spiro atoms. The predicted molar refractivity (Wildman–Crippen MR) is 109 cm³/mol. The fraction of sp³-hybridized carbons (Fsp3) is 0.318. The van der Waals surface area contributed by atoms with Gasteiger partial charge in [-0.25, -0.2) is 0 Å². The summed E-state index contributed by atoms with van der Waals surface area (Å²) in [4.78, 5) is 16.5. The first kappa shape index (κ1) is 20.4. The minimum absolute atomic E-state index is 0.0545. The Morgan fingerprint density at radius 2 is 1.86 bits per heavy atom. The Balaban J connectivity index is 1.46. The lowest BCUT2D eigenvalue weighted by molar-refractivity contribution is -0.121. The van der Waals surface area contributed by atoms with Crippen LogP contribution in [-0.2, 0) is 17.6 Å². The fourth-order valence-electron chi connectivity index (χ4n) is 2.98. The molecule has 1 N–H and O–H groups in total. The molecule has 3 aromatic rings. The highest BCUT2D eigenvalue weighted by molar-refractivity contribution is 5.76. The molecule has 0 atom stereocenters. The van der Waals surface area contributed by atoms with E-state index in [-0.39, 0.29) is 5.91 Å². The predicted octanol–water partition coefficient (Wildman–Crippen LogP) is 3.35. The van der Waals surface area contributed by atoms with Crippen LogP contribution in [0.5, 0.6) is 11.5 Å². The topological polar surface area (TPSA) is 86.5 Å². The highest BCUT2D eigenvalue weighted by Crippen LogP contribution is 2.27. The molecule has 152 valence electrons. The quantitative estimate of drug-likeness (QED) is 0.598. The number of ether oxygens (including phenoxy) is 2. The third-order valence-corrected chi connectivity index (χ3v) is 4.60. The molecule has 0 aliphatic carbocycles. The van der Waals surface area contributed by atoms with Gasteiger partial charge in [-0.1, -0.05) is 35.5 Å². The summed E-state index contributed by atoms with van der Waals surface area (Å²) in [7, 11) is 3.20. The van der Waals surface area contributed by atoms with E-state index in [1.54, 1.807) is 14.2 Å².